The van der Waals surface area contributed by atoms with Crippen molar-refractivity contribution in [1.29, 1.82) is 0 Å². The lowest BCUT2D eigenvalue weighted by atomic mass is 10.1. The zero-order chi connectivity index (χ0) is 18.8. The number of rotatable bonds is 4. The Bertz CT molecular complexity index is 1050. The van der Waals surface area contributed by atoms with Gasteiger partial charge in [-0.2, -0.15) is 0 Å². The second-order valence-electron chi connectivity index (χ2n) is 5.88. The summed E-state index contributed by atoms with van der Waals surface area (Å²) >= 11 is 1.22. The lowest BCUT2D eigenvalue weighted by Crippen LogP contribution is -2.32. The van der Waals surface area contributed by atoms with E-state index < -0.39 is 17.6 Å². The molecule has 132 valence electrons. The molecule has 3 nitrogen and oxygen atoms in total. The third-order valence-corrected chi connectivity index (χ3v) is 5.25. The fourth-order valence-electron chi connectivity index (χ4n) is 2.92. The van der Waals surface area contributed by atoms with Crippen molar-refractivity contribution in [3.63, 3.8) is 0 Å². The molecule has 0 bridgehead atoms. The molecular weight excluding hydrogens is 361 g/mol. The monoisotopic (exact) mass is 375 g/mol. The van der Waals surface area contributed by atoms with Crippen LogP contribution in [0.2, 0.25) is 0 Å². The van der Waals surface area contributed by atoms with Gasteiger partial charge < -0.3 is 0 Å². The van der Waals surface area contributed by atoms with Crippen LogP contribution < -0.4 is 4.90 Å². The summed E-state index contributed by atoms with van der Waals surface area (Å²) in [7, 11) is 0. The minimum Gasteiger partial charge on any atom is -0.268 e. The van der Waals surface area contributed by atoms with Crippen molar-refractivity contribution < 1.29 is 14.0 Å². The van der Waals surface area contributed by atoms with Gasteiger partial charge in [-0.15, -0.1) is 0 Å². The van der Waals surface area contributed by atoms with E-state index in [2.05, 4.69) is 0 Å². The Morgan fingerprint density at radius 2 is 1.30 bits per heavy atom. The predicted molar refractivity (Wildman–Crippen MR) is 105 cm³/mol. The molecule has 3 aromatic carbocycles. The van der Waals surface area contributed by atoms with E-state index in [1.807, 2.05) is 36.4 Å². The van der Waals surface area contributed by atoms with Gasteiger partial charge in [0.05, 0.1) is 16.2 Å². The maximum atomic E-state index is 14.3. The van der Waals surface area contributed by atoms with E-state index in [1.54, 1.807) is 30.3 Å². The number of anilines is 1. The fraction of sp³-hybridized carbons (Fsp3) is 0. The number of hydrogen-bond acceptors (Lipinski definition) is 3. The highest BCUT2D eigenvalue weighted by Gasteiger charge is 2.41. The number of imide groups is 1. The Balaban J connectivity index is 1.84. The van der Waals surface area contributed by atoms with Crippen molar-refractivity contribution in [3.05, 3.63) is 101 Å². The first-order valence-electron chi connectivity index (χ1n) is 8.33. The highest BCUT2D eigenvalue weighted by atomic mass is 32.2. The largest absolute Gasteiger partial charge is 0.273 e. The minimum absolute atomic E-state index is 0.0374. The topological polar surface area (TPSA) is 37.4 Å². The van der Waals surface area contributed by atoms with Crippen molar-refractivity contribution in [2.24, 2.45) is 0 Å². The summed E-state index contributed by atoms with van der Waals surface area (Å²) in [6.45, 7) is 0. The van der Waals surface area contributed by atoms with E-state index in [1.165, 1.54) is 30.0 Å². The van der Waals surface area contributed by atoms with Crippen LogP contribution in [0.4, 0.5) is 10.1 Å². The molecular formula is C22H14FNO2S. The molecule has 0 atom stereocenters. The van der Waals surface area contributed by atoms with Crippen LogP contribution in [0.1, 0.15) is 5.56 Å². The van der Waals surface area contributed by atoms with Crippen molar-refractivity contribution in [1.82, 2.24) is 0 Å². The molecule has 2 amide bonds. The van der Waals surface area contributed by atoms with Crippen LogP contribution in [0.5, 0.6) is 0 Å². The molecule has 0 radical (unpaired) electrons. The molecule has 0 saturated heterocycles. The predicted octanol–water partition coefficient (Wildman–Crippen LogP) is 4.90. The standard InChI is InChI=1S/C22H14FNO2S/c23-17-13-7-8-14-18(17)24-21(25)19(15-9-3-1-4-10-15)20(22(24)26)27-16-11-5-2-6-12-16/h1-14H. The summed E-state index contributed by atoms with van der Waals surface area (Å²) in [6, 6.07) is 24.1. The molecule has 1 heterocycles. The maximum absolute atomic E-state index is 14.3. The summed E-state index contributed by atoms with van der Waals surface area (Å²) < 4.78 is 14.3. The van der Waals surface area contributed by atoms with E-state index in [0.717, 1.165) is 9.80 Å². The smallest absolute Gasteiger partial charge is 0.268 e. The van der Waals surface area contributed by atoms with E-state index >= 15 is 0 Å². The fourth-order valence-corrected chi connectivity index (χ4v) is 3.94. The average molecular weight is 375 g/mol. The molecule has 0 fully saturated rings. The van der Waals surface area contributed by atoms with Gasteiger partial charge in [0, 0.05) is 4.90 Å². The van der Waals surface area contributed by atoms with Crippen molar-refractivity contribution in [2.45, 2.75) is 4.90 Å². The van der Waals surface area contributed by atoms with Crippen LogP contribution in [-0.4, -0.2) is 11.8 Å². The number of carbonyl (C=O) groups is 2. The molecule has 4 rings (SSSR count). The Morgan fingerprint density at radius 1 is 0.704 bits per heavy atom. The number of halogens is 1. The molecule has 0 unspecified atom stereocenters. The number of nitrogens with zero attached hydrogens (tertiary/aromatic N) is 1. The van der Waals surface area contributed by atoms with Gasteiger partial charge in [-0.25, -0.2) is 9.29 Å². The number of amides is 2. The molecule has 0 N–H and O–H groups in total. The summed E-state index contributed by atoms with van der Waals surface area (Å²) in [5, 5.41) is 0. The molecule has 0 spiro atoms. The van der Waals surface area contributed by atoms with E-state index in [0.29, 0.717) is 10.5 Å². The second kappa shape index (κ2) is 7.21. The SMILES string of the molecule is O=C1C(Sc2ccccc2)=C(c2ccccc2)C(=O)N1c1ccccc1F. The quantitative estimate of drug-likeness (QED) is 0.609. The summed E-state index contributed by atoms with van der Waals surface area (Å²) in [6.07, 6.45) is 0. The first-order valence-corrected chi connectivity index (χ1v) is 9.14. The Kier molecular flexibility index (Phi) is 4.60. The third kappa shape index (κ3) is 3.17. The lowest BCUT2D eigenvalue weighted by Gasteiger charge is -2.15. The Morgan fingerprint density at radius 3 is 1.96 bits per heavy atom. The lowest BCUT2D eigenvalue weighted by molar-refractivity contribution is -0.119. The van der Waals surface area contributed by atoms with Crippen LogP contribution >= 0.6 is 11.8 Å². The molecule has 5 heteroatoms. The van der Waals surface area contributed by atoms with Crippen LogP contribution in [-0.2, 0) is 9.59 Å². The maximum Gasteiger partial charge on any atom is 0.273 e. The van der Waals surface area contributed by atoms with Crippen molar-refractivity contribution in [2.75, 3.05) is 4.90 Å². The summed E-state index contributed by atoms with van der Waals surface area (Å²) in [5.41, 5.74) is 0.885. The minimum atomic E-state index is -0.613. The Hall–Kier alpha value is -3.18. The Labute approximate surface area is 160 Å². The van der Waals surface area contributed by atoms with Crippen LogP contribution in [0, 0.1) is 5.82 Å². The van der Waals surface area contributed by atoms with Crippen LogP contribution in [0.3, 0.4) is 0 Å². The number of hydrogen-bond donors (Lipinski definition) is 0. The third-order valence-electron chi connectivity index (χ3n) is 4.16. The van der Waals surface area contributed by atoms with E-state index in [-0.39, 0.29) is 11.3 Å². The number of thioether (sulfide) groups is 1. The molecule has 0 aliphatic carbocycles. The normalized spacial score (nSPS) is 14.2. The van der Waals surface area contributed by atoms with Crippen molar-refractivity contribution >= 4 is 34.8 Å². The molecule has 27 heavy (non-hydrogen) atoms. The van der Waals surface area contributed by atoms with E-state index in [4.69, 9.17) is 0 Å². The first-order chi connectivity index (χ1) is 13.2. The molecule has 1 aliphatic rings. The van der Waals surface area contributed by atoms with E-state index in [9.17, 15) is 14.0 Å². The summed E-state index contributed by atoms with van der Waals surface area (Å²) in [4.78, 5) is 28.3. The van der Waals surface area contributed by atoms with Gasteiger partial charge in [0.2, 0.25) is 0 Å². The highest BCUT2D eigenvalue weighted by molar-refractivity contribution is 8.04. The van der Waals surface area contributed by atoms with Gasteiger partial charge in [-0.05, 0) is 29.8 Å². The molecule has 1 aliphatic heterocycles. The van der Waals surface area contributed by atoms with Crippen molar-refractivity contribution in [3.8, 4) is 0 Å². The van der Waals surface area contributed by atoms with Crippen LogP contribution in [0.15, 0.2) is 94.7 Å². The average Bonchev–Trinajstić information content (AvgIpc) is 2.94. The zero-order valence-corrected chi connectivity index (χ0v) is 14.9. The molecule has 0 saturated carbocycles. The second-order valence-corrected chi connectivity index (χ2v) is 6.97. The van der Waals surface area contributed by atoms with Gasteiger partial charge in [-0.1, -0.05) is 72.4 Å². The first kappa shape index (κ1) is 17.2. The van der Waals surface area contributed by atoms with Gasteiger partial charge in [-0.3, -0.25) is 9.59 Å². The number of para-hydroxylation sites is 1. The zero-order valence-electron chi connectivity index (χ0n) is 14.1. The highest BCUT2D eigenvalue weighted by Crippen LogP contribution is 2.41. The molecule has 3 aromatic rings. The van der Waals surface area contributed by atoms with Crippen LogP contribution in [0.25, 0.3) is 5.57 Å². The van der Waals surface area contributed by atoms with Gasteiger partial charge in [0.15, 0.2) is 0 Å². The van der Waals surface area contributed by atoms with Gasteiger partial charge in [0.1, 0.15) is 5.82 Å². The van der Waals surface area contributed by atoms with Gasteiger partial charge in [0.25, 0.3) is 11.8 Å². The van der Waals surface area contributed by atoms with Gasteiger partial charge >= 0.3 is 0 Å². The number of benzene rings is 3. The molecule has 0 aromatic heterocycles. The summed E-state index contributed by atoms with van der Waals surface area (Å²) in [5.74, 6) is -1.65. The number of carbonyl (C=O) groups excluding carboxylic acids is 2.